The Balaban J connectivity index is 1.62. The lowest BCUT2D eigenvalue weighted by Crippen LogP contribution is -2.36. The molecule has 1 aliphatic heterocycles. The van der Waals surface area contributed by atoms with Crippen molar-refractivity contribution in [3.05, 3.63) is 59.4 Å². The minimum absolute atomic E-state index is 0.263. The smallest absolute Gasteiger partial charge is 0.410 e. The Morgan fingerprint density at radius 2 is 2.18 bits per heavy atom. The predicted octanol–water partition coefficient (Wildman–Crippen LogP) is 2.58. The van der Waals surface area contributed by atoms with Gasteiger partial charge in [-0.1, -0.05) is 30.3 Å². The van der Waals surface area contributed by atoms with Crippen LogP contribution in [-0.2, 0) is 24.3 Å². The highest BCUT2D eigenvalue weighted by molar-refractivity contribution is 5.68. The molecule has 22 heavy (non-hydrogen) atoms. The molecule has 0 unspecified atom stereocenters. The predicted molar refractivity (Wildman–Crippen MR) is 80.4 cm³/mol. The molecule has 3 rings (SSSR count). The average molecular weight is 299 g/mol. The number of hydrogen-bond donors (Lipinski definition) is 2. The fourth-order valence-electron chi connectivity index (χ4n) is 2.45. The van der Waals surface area contributed by atoms with Crippen LogP contribution in [0.3, 0.4) is 0 Å². The van der Waals surface area contributed by atoms with Crippen molar-refractivity contribution in [3.63, 3.8) is 0 Å². The van der Waals surface area contributed by atoms with E-state index in [1.54, 1.807) is 17.2 Å². The van der Waals surface area contributed by atoms with Crippen molar-refractivity contribution in [2.75, 3.05) is 12.0 Å². The van der Waals surface area contributed by atoms with Gasteiger partial charge in [0.1, 0.15) is 6.61 Å². The van der Waals surface area contributed by atoms with E-state index >= 15 is 0 Å². The number of carbonyl (C=O) groups is 1. The molecule has 6 nitrogen and oxygen atoms in total. The first-order chi connectivity index (χ1) is 10.8. The van der Waals surface area contributed by atoms with Gasteiger partial charge in [0.15, 0.2) is 0 Å². The molecule has 1 aromatic carbocycles. The maximum atomic E-state index is 12.2. The van der Waals surface area contributed by atoms with E-state index in [4.69, 9.17) is 9.94 Å². The van der Waals surface area contributed by atoms with Gasteiger partial charge in [-0.3, -0.25) is 15.7 Å². The van der Waals surface area contributed by atoms with E-state index in [-0.39, 0.29) is 12.7 Å². The van der Waals surface area contributed by atoms with Crippen molar-refractivity contribution in [1.29, 1.82) is 0 Å². The number of benzene rings is 1. The molecule has 1 amide bonds. The molecule has 0 saturated heterocycles. The van der Waals surface area contributed by atoms with Gasteiger partial charge in [-0.25, -0.2) is 4.79 Å². The lowest BCUT2D eigenvalue weighted by atomic mass is 10.1. The van der Waals surface area contributed by atoms with Gasteiger partial charge in [0, 0.05) is 18.7 Å². The van der Waals surface area contributed by atoms with Crippen LogP contribution in [0.2, 0.25) is 0 Å². The molecule has 1 aliphatic rings. The summed E-state index contributed by atoms with van der Waals surface area (Å²) in [6.07, 6.45) is 1.92. The second-order valence-corrected chi connectivity index (χ2v) is 5.15. The van der Waals surface area contributed by atoms with Crippen LogP contribution in [0, 0.1) is 0 Å². The van der Waals surface area contributed by atoms with Crippen LogP contribution in [0.15, 0.2) is 42.6 Å². The van der Waals surface area contributed by atoms with E-state index in [0.29, 0.717) is 25.2 Å². The number of amides is 1. The number of rotatable bonds is 3. The van der Waals surface area contributed by atoms with Gasteiger partial charge in [-0.05, 0) is 17.2 Å². The molecule has 0 aliphatic carbocycles. The van der Waals surface area contributed by atoms with Crippen LogP contribution in [0.25, 0.3) is 0 Å². The van der Waals surface area contributed by atoms with E-state index in [2.05, 4.69) is 10.5 Å². The first kappa shape index (κ1) is 14.3. The van der Waals surface area contributed by atoms with Gasteiger partial charge in [0.25, 0.3) is 0 Å². The van der Waals surface area contributed by atoms with Gasteiger partial charge in [0.2, 0.25) is 0 Å². The van der Waals surface area contributed by atoms with Gasteiger partial charge in [-0.2, -0.15) is 0 Å². The molecule has 0 atom stereocenters. The largest absolute Gasteiger partial charge is 0.445 e. The van der Waals surface area contributed by atoms with E-state index < -0.39 is 0 Å². The van der Waals surface area contributed by atoms with E-state index in [0.717, 1.165) is 16.8 Å². The summed E-state index contributed by atoms with van der Waals surface area (Å²) in [6, 6.07) is 11.4. The summed E-state index contributed by atoms with van der Waals surface area (Å²) in [6.45, 7) is 1.28. The Bertz CT molecular complexity index is 661. The third-order valence-electron chi connectivity index (χ3n) is 3.63. The van der Waals surface area contributed by atoms with Gasteiger partial charge >= 0.3 is 6.09 Å². The summed E-state index contributed by atoms with van der Waals surface area (Å²) in [5, 5.41) is 8.93. The third-order valence-corrected chi connectivity index (χ3v) is 3.63. The molecular formula is C16H17N3O3. The topological polar surface area (TPSA) is 74.7 Å². The Morgan fingerprint density at radius 1 is 1.36 bits per heavy atom. The maximum absolute atomic E-state index is 12.2. The molecule has 0 bridgehead atoms. The number of pyridine rings is 1. The zero-order valence-corrected chi connectivity index (χ0v) is 12.0. The quantitative estimate of drug-likeness (QED) is 0.852. The highest BCUT2D eigenvalue weighted by atomic mass is 16.6. The first-order valence-electron chi connectivity index (χ1n) is 7.10. The average Bonchev–Trinajstić information content (AvgIpc) is 2.59. The Morgan fingerprint density at radius 3 is 2.95 bits per heavy atom. The van der Waals surface area contributed by atoms with Crippen LogP contribution in [0.1, 0.15) is 16.8 Å². The van der Waals surface area contributed by atoms with Crippen LogP contribution < -0.4 is 5.48 Å². The number of hydrogen-bond acceptors (Lipinski definition) is 5. The summed E-state index contributed by atoms with van der Waals surface area (Å²) in [5.41, 5.74) is 5.41. The molecule has 0 fully saturated rings. The zero-order chi connectivity index (χ0) is 15.4. The third kappa shape index (κ3) is 3.17. The Kier molecular flexibility index (Phi) is 4.20. The monoisotopic (exact) mass is 299 g/mol. The first-order valence-corrected chi connectivity index (χ1v) is 7.10. The number of carbonyl (C=O) groups excluding carboxylic acids is 1. The molecular weight excluding hydrogens is 282 g/mol. The number of nitrogens with one attached hydrogen (secondary N) is 1. The highest BCUT2D eigenvalue weighted by Gasteiger charge is 2.22. The minimum Gasteiger partial charge on any atom is -0.445 e. The fourth-order valence-corrected chi connectivity index (χ4v) is 2.45. The van der Waals surface area contributed by atoms with Gasteiger partial charge in [-0.15, -0.1) is 0 Å². The van der Waals surface area contributed by atoms with Crippen LogP contribution >= 0.6 is 0 Å². The molecule has 0 spiro atoms. The van der Waals surface area contributed by atoms with E-state index in [1.807, 2.05) is 30.3 Å². The Hall–Kier alpha value is -2.60. The molecule has 1 aromatic heterocycles. The summed E-state index contributed by atoms with van der Waals surface area (Å²) >= 11 is 0. The lowest BCUT2D eigenvalue weighted by molar-refractivity contribution is 0.0916. The lowest BCUT2D eigenvalue weighted by Gasteiger charge is -2.27. The molecule has 0 saturated carbocycles. The normalized spacial score (nSPS) is 13.4. The van der Waals surface area contributed by atoms with Crippen molar-refractivity contribution < 1.29 is 14.7 Å². The number of anilines is 1. The number of nitrogens with zero attached hydrogens (tertiary/aromatic N) is 2. The second-order valence-electron chi connectivity index (χ2n) is 5.15. The Labute approximate surface area is 128 Å². The SMILES string of the molecule is O=C(OCc1ccccc1)N1CCc2ncc(NO)cc2C1. The molecule has 0 radical (unpaired) electrons. The maximum Gasteiger partial charge on any atom is 0.410 e. The number of aromatic nitrogens is 1. The highest BCUT2D eigenvalue weighted by Crippen LogP contribution is 2.20. The van der Waals surface area contributed by atoms with Crippen molar-refractivity contribution in [1.82, 2.24) is 9.88 Å². The molecule has 2 heterocycles. The number of fused-ring (bicyclic) bond motifs is 1. The van der Waals surface area contributed by atoms with Gasteiger partial charge < -0.3 is 9.64 Å². The van der Waals surface area contributed by atoms with Crippen molar-refractivity contribution >= 4 is 11.8 Å². The molecule has 6 heteroatoms. The van der Waals surface area contributed by atoms with Crippen LogP contribution in [0.5, 0.6) is 0 Å². The van der Waals surface area contributed by atoms with Crippen molar-refractivity contribution in [2.24, 2.45) is 0 Å². The van der Waals surface area contributed by atoms with Gasteiger partial charge in [0.05, 0.1) is 18.4 Å². The van der Waals surface area contributed by atoms with E-state index in [1.165, 1.54) is 0 Å². The summed E-state index contributed by atoms with van der Waals surface area (Å²) < 4.78 is 5.34. The zero-order valence-electron chi connectivity index (χ0n) is 12.0. The minimum atomic E-state index is -0.336. The van der Waals surface area contributed by atoms with E-state index in [9.17, 15) is 4.79 Å². The second kappa shape index (κ2) is 6.44. The fraction of sp³-hybridized carbons (Fsp3) is 0.250. The van der Waals surface area contributed by atoms with Crippen molar-refractivity contribution in [3.8, 4) is 0 Å². The number of ether oxygens (including phenoxy) is 1. The van der Waals surface area contributed by atoms with Crippen LogP contribution in [-0.4, -0.2) is 27.7 Å². The summed E-state index contributed by atoms with van der Waals surface area (Å²) in [7, 11) is 0. The van der Waals surface area contributed by atoms with Crippen LogP contribution in [0.4, 0.5) is 10.5 Å². The molecule has 2 N–H and O–H groups in total. The standard InChI is InChI=1S/C16H17N3O3/c20-16(22-11-12-4-2-1-3-5-12)19-7-6-15-13(10-19)8-14(18-21)9-17-15/h1-5,8-9,18,21H,6-7,10-11H2. The summed E-state index contributed by atoms with van der Waals surface area (Å²) in [5.74, 6) is 0. The molecule has 114 valence electrons. The summed E-state index contributed by atoms with van der Waals surface area (Å²) in [4.78, 5) is 18.1. The molecule has 2 aromatic rings. The van der Waals surface area contributed by atoms with Crippen molar-refractivity contribution in [2.45, 2.75) is 19.6 Å².